The number of amides is 1. The van der Waals surface area contributed by atoms with Crippen molar-refractivity contribution in [1.82, 2.24) is 0 Å². The van der Waals surface area contributed by atoms with E-state index in [-0.39, 0.29) is 11.8 Å². The molecule has 90 valence electrons. The molecule has 3 rings (SSSR count). The van der Waals surface area contributed by atoms with Crippen LogP contribution in [0.5, 0.6) is 0 Å². The molecule has 1 aliphatic carbocycles. The van der Waals surface area contributed by atoms with Gasteiger partial charge in [-0.15, -0.1) is 0 Å². The number of carbonyl (C=O) groups excluding carboxylic acids is 1. The van der Waals surface area contributed by atoms with Gasteiger partial charge in [0.25, 0.3) is 0 Å². The molecule has 0 radical (unpaired) electrons. The largest absolute Gasteiger partial charge is 0.374 e. The molecule has 17 heavy (non-hydrogen) atoms. The third-order valence-corrected chi connectivity index (χ3v) is 3.95. The molecule has 0 spiro atoms. The Labute approximate surface area is 102 Å². The van der Waals surface area contributed by atoms with Gasteiger partial charge >= 0.3 is 0 Å². The van der Waals surface area contributed by atoms with E-state index >= 15 is 0 Å². The number of benzene rings is 1. The first kappa shape index (κ1) is 10.6. The van der Waals surface area contributed by atoms with Crippen molar-refractivity contribution < 1.29 is 4.79 Å². The zero-order chi connectivity index (χ0) is 11.8. The number of nitrogens with one attached hydrogen (secondary N) is 1. The van der Waals surface area contributed by atoms with Crippen LogP contribution in [0.1, 0.15) is 24.8 Å². The second kappa shape index (κ2) is 4.06. The van der Waals surface area contributed by atoms with E-state index in [9.17, 15) is 4.79 Å². The molecule has 0 atom stereocenters. The third kappa shape index (κ3) is 1.90. The predicted molar refractivity (Wildman–Crippen MR) is 69.4 cm³/mol. The van der Waals surface area contributed by atoms with E-state index in [1.54, 1.807) is 0 Å². The summed E-state index contributed by atoms with van der Waals surface area (Å²) in [5.41, 5.74) is 3.60. The molecule has 1 aromatic carbocycles. The molecule has 1 saturated carbocycles. The standard InChI is InChI=1S/C14H18N2O/c1-16-8-7-11-9-12(5-6-13(11)16)15-14(17)10-3-2-4-10/h5-6,9-10H,2-4,7-8H2,1H3,(H,15,17). The van der Waals surface area contributed by atoms with Crippen molar-refractivity contribution in [2.24, 2.45) is 5.92 Å². The fourth-order valence-electron chi connectivity index (χ4n) is 2.56. The molecule has 0 unspecified atom stereocenters. The molecular weight excluding hydrogens is 212 g/mol. The lowest BCUT2D eigenvalue weighted by Crippen LogP contribution is -2.28. The highest BCUT2D eigenvalue weighted by molar-refractivity contribution is 5.93. The molecule has 0 aromatic heterocycles. The maximum atomic E-state index is 11.8. The first-order chi connectivity index (χ1) is 8.24. The Balaban J connectivity index is 1.74. The van der Waals surface area contributed by atoms with Crippen LogP contribution in [0.2, 0.25) is 0 Å². The van der Waals surface area contributed by atoms with Crippen molar-refractivity contribution in [2.45, 2.75) is 25.7 Å². The van der Waals surface area contributed by atoms with Gasteiger partial charge in [-0.3, -0.25) is 4.79 Å². The maximum Gasteiger partial charge on any atom is 0.227 e. The van der Waals surface area contributed by atoms with Crippen molar-refractivity contribution >= 4 is 17.3 Å². The summed E-state index contributed by atoms with van der Waals surface area (Å²) in [5.74, 6) is 0.452. The normalized spacial score (nSPS) is 18.8. The number of anilines is 2. The predicted octanol–water partition coefficient (Wildman–Crippen LogP) is 2.42. The first-order valence-corrected chi connectivity index (χ1v) is 6.39. The van der Waals surface area contributed by atoms with Gasteiger partial charge in [0.15, 0.2) is 0 Å². The second-order valence-electron chi connectivity index (χ2n) is 5.13. The summed E-state index contributed by atoms with van der Waals surface area (Å²) in [6, 6.07) is 6.24. The van der Waals surface area contributed by atoms with E-state index in [0.717, 1.165) is 31.5 Å². The summed E-state index contributed by atoms with van der Waals surface area (Å²) >= 11 is 0. The number of nitrogens with zero attached hydrogens (tertiary/aromatic N) is 1. The molecule has 1 aromatic rings. The third-order valence-electron chi connectivity index (χ3n) is 3.95. The van der Waals surface area contributed by atoms with E-state index in [0.29, 0.717) is 0 Å². The van der Waals surface area contributed by atoms with Crippen LogP contribution in [0, 0.1) is 5.92 Å². The van der Waals surface area contributed by atoms with Crippen LogP contribution in [0.3, 0.4) is 0 Å². The summed E-state index contributed by atoms with van der Waals surface area (Å²) < 4.78 is 0. The van der Waals surface area contributed by atoms with Crippen molar-refractivity contribution in [3.63, 3.8) is 0 Å². The molecule has 3 nitrogen and oxygen atoms in total. The molecule has 1 amide bonds. The molecule has 1 heterocycles. The van der Waals surface area contributed by atoms with Crippen LogP contribution in [0.4, 0.5) is 11.4 Å². The van der Waals surface area contributed by atoms with Crippen molar-refractivity contribution in [1.29, 1.82) is 0 Å². The highest BCUT2D eigenvalue weighted by Crippen LogP contribution is 2.31. The Morgan fingerprint density at radius 1 is 1.41 bits per heavy atom. The topological polar surface area (TPSA) is 32.3 Å². The van der Waals surface area contributed by atoms with Gasteiger partial charge in [0.1, 0.15) is 0 Å². The van der Waals surface area contributed by atoms with Gasteiger partial charge in [-0.25, -0.2) is 0 Å². The summed E-state index contributed by atoms with van der Waals surface area (Å²) in [6.07, 6.45) is 4.39. The number of likely N-dealkylation sites (N-methyl/N-ethyl adjacent to an activating group) is 1. The quantitative estimate of drug-likeness (QED) is 0.846. The number of carbonyl (C=O) groups is 1. The van der Waals surface area contributed by atoms with Crippen LogP contribution < -0.4 is 10.2 Å². The van der Waals surface area contributed by atoms with Gasteiger partial charge in [0, 0.05) is 30.9 Å². The minimum atomic E-state index is 0.197. The number of hydrogen-bond donors (Lipinski definition) is 1. The van der Waals surface area contributed by atoms with Gasteiger partial charge in [0.2, 0.25) is 5.91 Å². The Morgan fingerprint density at radius 2 is 2.24 bits per heavy atom. The van der Waals surface area contributed by atoms with Crippen LogP contribution in [-0.2, 0) is 11.2 Å². The number of fused-ring (bicyclic) bond motifs is 1. The molecular formula is C14H18N2O. The monoisotopic (exact) mass is 230 g/mol. The fraction of sp³-hybridized carbons (Fsp3) is 0.500. The van der Waals surface area contributed by atoms with Crippen LogP contribution in [0.25, 0.3) is 0 Å². The van der Waals surface area contributed by atoms with E-state index in [2.05, 4.69) is 29.4 Å². The van der Waals surface area contributed by atoms with Gasteiger partial charge in [0.05, 0.1) is 0 Å². The van der Waals surface area contributed by atoms with Gasteiger partial charge in [-0.1, -0.05) is 6.42 Å². The molecule has 3 heteroatoms. The van der Waals surface area contributed by atoms with Crippen molar-refractivity contribution in [2.75, 3.05) is 23.8 Å². The van der Waals surface area contributed by atoms with E-state index in [4.69, 9.17) is 0 Å². The van der Waals surface area contributed by atoms with E-state index in [1.807, 2.05) is 6.07 Å². The lowest BCUT2D eigenvalue weighted by Gasteiger charge is -2.24. The molecule has 1 N–H and O–H groups in total. The highest BCUT2D eigenvalue weighted by Gasteiger charge is 2.25. The highest BCUT2D eigenvalue weighted by atomic mass is 16.1. The zero-order valence-corrected chi connectivity index (χ0v) is 10.2. The summed E-state index contributed by atoms with van der Waals surface area (Å²) in [4.78, 5) is 14.1. The number of hydrogen-bond acceptors (Lipinski definition) is 2. The average Bonchev–Trinajstić information content (AvgIpc) is 2.57. The van der Waals surface area contributed by atoms with Crippen molar-refractivity contribution in [3.8, 4) is 0 Å². The van der Waals surface area contributed by atoms with Gasteiger partial charge in [-0.05, 0) is 43.0 Å². The molecule has 0 saturated heterocycles. The average molecular weight is 230 g/mol. The fourth-order valence-corrected chi connectivity index (χ4v) is 2.56. The van der Waals surface area contributed by atoms with Gasteiger partial charge in [-0.2, -0.15) is 0 Å². The lowest BCUT2D eigenvalue weighted by atomic mass is 9.85. The zero-order valence-electron chi connectivity index (χ0n) is 10.2. The maximum absolute atomic E-state index is 11.8. The summed E-state index contributed by atoms with van der Waals surface area (Å²) in [6.45, 7) is 1.08. The van der Waals surface area contributed by atoms with Gasteiger partial charge < -0.3 is 10.2 Å². The minimum Gasteiger partial charge on any atom is -0.374 e. The van der Waals surface area contributed by atoms with Crippen LogP contribution in [-0.4, -0.2) is 19.5 Å². The molecule has 1 aliphatic heterocycles. The van der Waals surface area contributed by atoms with E-state index < -0.39 is 0 Å². The Bertz CT molecular complexity index is 452. The molecule has 2 aliphatic rings. The smallest absolute Gasteiger partial charge is 0.227 e. The number of rotatable bonds is 2. The van der Waals surface area contributed by atoms with E-state index in [1.165, 1.54) is 17.7 Å². The first-order valence-electron chi connectivity index (χ1n) is 6.39. The molecule has 1 fully saturated rings. The SMILES string of the molecule is CN1CCc2cc(NC(=O)C3CCC3)ccc21. The molecule has 0 bridgehead atoms. The Morgan fingerprint density at radius 3 is 2.94 bits per heavy atom. The Hall–Kier alpha value is -1.51. The Kier molecular flexibility index (Phi) is 2.54. The van der Waals surface area contributed by atoms with Crippen LogP contribution in [0.15, 0.2) is 18.2 Å². The summed E-state index contributed by atoms with van der Waals surface area (Å²) in [7, 11) is 2.11. The summed E-state index contributed by atoms with van der Waals surface area (Å²) in [5, 5.41) is 3.03. The van der Waals surface area contributed by atoms with Crippen LogP contribution >= 0.6 is 0 Å². The minimum absolute atomic E-state index is 0.197. The lowest BCUT2D eigenvalue weighted by molar-refractivity contribution is -0.122. The van der Waals surface area contributed by atoms with Crippen molar-refractivity contribution in [3.05, 3.63) is 23.8 Å². The second-order valence-corrected chi connectivity index (χ2v) is 5.13.